The molecule has 0 saturated heterocycles. The van der Waals surface area contributed by atoms with Gasteiger partial charge in [0.2, 0.25) is 0 Å². The Kier molecular flexibility index (Phi) is 4.67. The van der Waals surface area contributed by atoms with Crippen molar-refractivity contribution in [2.45, 2.75) is 6.92 Å². The SMILES string of the molecule is CCN(C(=O)c1ccc2cc(OC)ccc2c1)c1ccnc(Cl)c1. The number of nitrogens with zero attached hydrogens (tertiary/aromatic N) is 2. The first-order valence-electron chi connectivity index (χ1n) is 7.63. The molecule has 0 spiro atoms. The van der Waals surface area contributed by atoms with Gasteiger partial charge in [-0.2, -0.15) is 0 Å². The van der Waals surface area contributed by atoms with Crippen LogP contribution in [0, 0.1) is 0 Å². The number of carbonyl (C=O) groups excluding carboxylic acids is 1. The van der Waals surface area contributed by atoms with Gasteiger partial charge in [0.05, 0.1) is 7.11 Å². The summed E-state index contributed by atoms with van der Waals surface area (Å²) >= 11 is 5.94. The lowest BCUT2D eigenvalue weighted by Crippen LogP contribution is -2.30. The Morgan fingerprint density at radius 1 is 1.12 bits per heavy atom. The molecule has 1 amide bonds. The van der Waals surface area contributed by atoms with Gasteiger partial charge in [0, 0.05) is 24.0 Å². The van der Waals surface area contributed by atoms with Gasteiger partial charge in [0.25, 0.3) is 5.91 Å². The van der Waals surface area contributed by atoms with Crippen molar-refractivity contribution < 1.29 is 9.53 Å². The molecule has 0 unspecified atom stereocenters. The highest BCUT2D eigenvalue weighted by Gasteiger charge is 2.17. The van der Waals surface area contributed by atoms with Gasteiger partial charge in [-0.3, -0.25) is 4.79 Å². The van der Waals surface area contributed by atoms with Crippen molar-refractivity contribution >= 4 is 34.0 Å². The lowest BCUT2D eigenvalue weighted by atomic mass is 10.1. The van der Waals surface area contributed by atoms with Gasteiger partial charge in [0.1, 0.15) is 10.9 Å². The molecule has 3 aromatic rings. The van der Waals surface area contributed by atoms with Gasteiger partial charge in [-0.1, -0.05) is 23.7 Å². The summed E-state index contributed by atoms with van der Waals surface area (Å²) in [6.45, 7) is 2.47. The van der Waals surface area contributed by atoms with Gasteiger partial charge < -0.3 is 9.64 Å². The Bertz CT molecular complexity index is 895. The van der Waals surface area contributed by atoms with Crippen LogP contribution in [-0.4, -0.2) is 24.5 Å². The number of hydrogen-bond donors (Lipinski definition) is 0. The van der Waals surface area contributed by atoms with Crippen LogP contribution in [0.15, 0.2) is 54.7 Å². The van der Waals surface area contributed by atoms with E-state index in [-0.39, 0.29) is 5.91 Å². The molecule has 1 aromatic heterocycles. The lowest BCUT2D eigenvalue weighted by molar-refractivity contribution is 0.0988. The Morgan fingerprint density at radius 2 is 1.88 bits per heavy atom. The summed E-state index contributed by atoms with van der Waals surface area (Å²) in [6.07, 6.45) is 1.60. The molecule has 0 aliphatic heterocycles. The van der Waals surface area contributed by atoms with Crippen LogP contribution in [0.1, 0.15) is 17.3 Å². The predicted octanol–water partition coefficient (Wildman–Crippen LogP) is 4.56. The van der Waals surface area contributed by atoms with E-state index in [1.165, 1.54) is 0 Å². The van der Waals surface area contributed by atoms with Crippen LogP contribution in [0.25, 0.3) is 10.8 Å². The summed E-state index contributed by atoms with van der Waals surface area (Å²) in [5, 5.41) is 2.38. The molecule has 0 fully saturated rings. The second kappa shape index (κ2) is 6.89. The van der Waals surface area contributed by atoms with Crippen LogP contribution in [0.4, 0.5) is 5.69 Å². The van der Waals surface area contributed by atoms with Gasteiger partial charge in [-0.05, 0) is 54.1 Å². The maximum absolute atomic E-state index is 12.9. The predicted molar refractivity (Wildman–Crippen MR) is 97.1 cm³/mol. The molecular weight excluding hydrogens is 324 g/mol. The fraction of sp³-hybridized carbons (Fsp3) is 0.158. The van der Waals surface area contributed by atoms with Crippen molar-refractivity contribution in [2.24, 2.45) is 0 Å². The zero-order valence-electron chi connectivity index (χ0n) is 13.5. The molecule has 0 saturated carbocycles. The standard InChI is InChI=1S/C19H17ClN2O2/c1-3-22(16-8-9-21-18(20)12-16)19(23)15-5-4-14-11-17(24-2)7-6-13(14)10-15/h4-12H,3H2,1-2H3. The van der Waals surface area contributed by atoms with E-state index in [1.807, 2.05) is 43.3 Å². The van der Waals surface area contributed by atoms with Crippen LogP contribution in [0.2, 0.25) is 5.15 Å². The van der Waals surface area contributed by atoms with E-state index in [1.54, 1.807) is 30.3 Å². The Morgan fingerprint density at radius 3 is 2.58 bits per heavy atom. The lowest BCUT2D eigenvalue weighted by Gasteiger charge is -2.21. The van der Waals surface area contributed by atoms with E-state index in [9.17, 15) is 4.79 Å². The van der Waals surface area contributed by atoms with Gasteiger partial charge in [-0.15, -0.1) is 0 Å². The Labute approximate surface area is 145 Å². The smallest absolute Gasteiger partial charge is 0.258 e. The van der Waals surface area contributed by atoms with Crippen LogP contribution < -0.4 is 9.64 Å². The van der Waals surface area contributed by atoms with Crippen LogP contribution in [0.5, 0.6) is 5.75 Å². The minimum Gasteiger partial charge on any atom is -0.497 e. The first-order valence-corrected chi connectivity index (χ1v) is 8.01. The fourth-order valence-corrected chi connectivity index (χ4v) is 2.81. The number of fused-ring (bicyclic) bond motifs is 1. The largest absolute Gasteiger partial charge is 0.497 e. The minimum absolute atomic E-state index is 0.0718. The number of benzene rings is 2. The average molecular weight is 341 g/mol. The number of anilines is 1. The zero-order valence-corrected chi connectivity index (χ0v) is 14.2. The summed E-state index contributed by atoms with van der Waals surface area (Å²) in [5.74, 6) is 0.723. The third-order valence-corrected chi connectivity index (χ3v) is 4.08. The first-order chi connectivity index (χ1) is 11.6. The van der Waals surface area contributed by atoms with Crippen LogP contribution in [0.3, 0.4) is 0 Å². The number of aromatic nitrogens is 1. The minimum atomic E-state index is -0.0718. The summed E-state index contributed by atoms with van der Waals surface area (Å²) < 4.78 is 5.23. The highest BCUT2D eigenvalue weighted by molar-refractivity contribution is 6.29. The molecule has 0 atom stereocenters. The van der Waals surface area contributed by atoms with Crippen molar-refractivity contribution in [1.29, 1.82) is 0 Å². The molecule has 24 heavy (non-hydrogen) atoms. The zero-order chi connectivity index (χ0) is 17.1. The summed E-state index contributed by atoms with van der Waals surface area (Å²) in [7, 11) is 1.64. The average Bonchev–Trinajstić information content (AvgIpc) is 2.61. The molecule has 2 aromatic carbocycles. The number of pyridine rings is 1. The monoisotopic (exact) mass is 340 g/mol. The molecule has 3 rings (SSSR count). The van der Waals surface area contributed by atoms with Gasteiger partial charge >= 0.3 is 0 Å². The highest BCUT2D eigenvalue weighted by Crippen LogP contribution is 2.24. The quantitative estimate of drug-likeness (QED) is 0.654. The number of carbonyl (C=O) groups is 1. The molecule has 0 radical (unpaired) electrons. The Balaban J connectivity index is 1.97. The van der Waals surface area contributed by atoms with E-state index in [2.05, 4.69) is 4.98 Å². The highest BCUT2D eigenvalue weighted by atomic mass is 35.5. The van der Waals surface area contributed by atoms with Crippen LogP contribution in [-0.2, 0) is 0 Å². The fourth-order valence-electron chi connectivity index (χ4n) is 2.64. The van der Waals surface area contributed by atoms with Crippen molar-refractivity contribution in [3.8, 4) is 5.75 Å². The van der Waals surface area contributed by atoms with Crippen molar-refractivity contribution in [1.82, 2.24) is 4.98 Å². The molecule has 1 heterocycles. The second-order valence-electron chi connectivity index (χ2n) is 5.31. The maximum atomic E-state index is 12.9. The van der Waals surface area contributed by atoms with E-state index < -0.39 is 0 Å². The third kappa shape index (κ3) is 3.19. The molecule has 0 aliphatic rings. The second-order valence-corrected chi connectivity index (χ2v) is 5.70. The molecular formula is C19H17ClN2O2. The third-order valence-electron chi connectivity index (χ3n) is 3.88. The number of amides is 1. The van der Waals surface area contributed by atoms with Crippen molar-refractivity contribution in [3.05, 3.63) is 65.4 Å². The molecule has 5 heteroatoms. The number of halogens is 1. The van der Waals surface area contributed by atoms with Crippen molar-refractivity contribution in [2.75, 3.05) is 18.6 Å². The van der Waals surface area contributed by atoms with Gasteiger partial charge in [0.15, 0.2) is 0 Å². The van der Waals surface area contributed by atoms with Gasteiger partial charge in [-0.25, -0.2) is 4.98 Å². The summed E-state index contributed by atoms with van der Waals surface area (Å²) in [5.41, 5.74) is 1.36. The Hall–Kier alpha value is -2.59. The molecule has 4 nitrogen and oxygen atoms in total. The number of rotatable bonds is 4. The number of hydrogen-bond acceptors (Lipinski definition) is 3. The van der Waals surface area contributed by atoms with E-state index in [0.717, 1.165) is 22.2 Å². The van der Waals surface area contributed by atoms with E-state index >= 15 is 0 Å². The molecule has 0 aliphatic carbocycles. The number of methoxy groups -OCH3 is 1. The molecule has 122 valence electrons. The molecule has 0 bridgehead atoms. The number of ether oxygens (including phenoxy) is 1. The van der Waals surface area contributed by atoms with E-state index in [4.69, 9.17) is 16.3 Å². The first kappa shape index (κ1) is 16.3. The molecule has 0 N–H and O–H groups in total. The topological polar surface area (TPSA) is 42.4 Å². The normalized spacial score (nSPS) is 10.6. The maximum Gasteiger partial charge on any atom is 0.258 e. The summed E-state index contributed by atoms with van der Waals surface area (Å²) in [4.78, 5) is 18.5. The van der Waals surface area contributed by atoms with E-state index in [0.29, 0.717) is 17.3 Å². The van der Waals surface area contributed by atoms with Crippen LogP contribution >= 0.6 is 11.6 Å². The summed E-state index contributed by atoms with van der Waals surface area (Å²) in [6, 6.07) is 14.9. The van der Waals surface area contributed by atoms with Crippen molar-refractivity contribution in [3.63, 3.8) is 0 Å².